The first-order valence-electron chi connectivity index (χ1n) is 8.56. The van der Waals surface area contributed by atoms with E-state index in [1.807, 2.05) is 48.5 Å². The second kappa shape index (κ2) is 8.32. The van der Waals surface area contributed by atoms with Crippen LogP contribution in [0.25, 0.3) is 0 Å². The van der Waals surface area contributed by atoms with E-state index in [1.54, 1.807) is 4.90 Å². The SMILES string of the molecule is O=C(CCCC(=O)N1Cc2ccccc2C#Cc2ccccc21)NCO. The molecule has 1 aliphatic rings. The predicted molar refractivity (Wildman–Crippen MR) is 99.1 cm³/mol. The van der Waals surface area contributed by atoms with Gasteiger partial charge in [0.25, 0.3) is 0 Å². The number of nitrogens with one attached hydrogen (secondary N) is 1. The first kappa shape index (κ1) is 17.7. The monoisotopic (exact) mass is 348 g/mol. The first-order chi connectivity index (χ1) is 12.7. The van der Waals surface area contributed by atoms with Gasteiger partial charge < -0.3 is 15.3 Å². The van der Waals surface area contributed by atoms with Crippen LogP contribution in [-0.4, -0.2) is 23.7 Å². The van der Waals surface area contributed by atoms with Gasteiger partial charge in [-0.3, -0.25) is 9.59 Å². The fourth-order valence-electron chi connectivity index (χ4n) is 2.92. The Hall–Kier alpha value is -3.10. The lowest BCUT2D eigenvalue weighted by Gasteiger charge is -2.26. The molecule has 0 saturated carbocycles. The van der Waals surface area contributed by atoms with Crippen LogP contribution in [0.5, 0.6) is 0 Å². The normalized spacial score (nSPS) is 12.0. The first-order valence-corrected chi connectivity index (χ1v) is 8.56. The molecule has 2 aromatic rings. The van der Waals surface area contributed by atoms with Crippen molar-refractivity contribution in [1.29, 1.82) is 0 Å². The Morgan fingerprint density at radius 2 is 1.69 bits per heavy atom. The van der Waals surface area contributed by atoms with Crippen molar-refractivity contribution >= 4 is 17.5 Å². The average Bonchev–Trinajstić information content (AvgIpc) is 2.64. The van der Waals surface area contributed by atoms with Crippen LogP contribution in [-0.2, 0) is 16.1 Å². The Kier molecular flexibility index (Phi) is 5.67. The Bertz CT molecular complexity index is 880. The second-order valence-corrected chi connectivity index (χ2v) is 6.02. The average molecular weight is 348 g/mol. The Balaban J connectivity index is 1.83. The van der Waals surface area contributed by atoms with Crippen molar-refractivity contribution in [2.24, 2.45) is 0 Å². The topological polar surface area (TPSA) is 69.6 Å². The van der Waals surface area contributed by atoms with E-state index in [9.17, 15) is 9.59 Å². The number of aliphatic hydroxyl groups is 1. The molecule has 0 spiro atoms. The number of carbonyl (C=O) groups excluding carboxylic acids is 2. The molecule has 0 radical (unpaired) electrons. The number of hydrogen-bond donors (Lipinski definition) is 2. The Labute approximate surface area is 152 Å². The van der Waals surface area contributed by atoms with Crippen LogP contribution in [0.1, 0.15) is 36.0 Å². The molecule has 2 N–H and O–H groups in total. The quantitative estimate of drug-likeness (QED) is 0.643. The van der Waals surface area contributed by atoms with E-state index in [2.05, 4.69) is 17.2 Å². The highest BCUT2D eigenvalue weighted by molar-refractivity contribution is 5.95. The van der Waals surface area contributed by atoms with Gasteiger partial charge in [-0.15, -0.1) is 0 Å². The summed E-state index contributed by atoms with van der Waals surface area (Å²) in [7, 11) is 0. The molecule has 5 nitrogen and oxygen atoms in total. The minimum Gasteiger partial charge on any atom is -0.377 e. The van der Waals surface area contributed by atoms with E-state index in [-0.39, 0.29) is 31.4 Å². The third-order valence-electron chi connectivity index (χ3n) is 4.24. The van der Waals surface area contributed by atoms with Crippen molar-refractivity contribution in [3.63, 3.8) is 0 Å². The molecule has 0 atom stereocenters. The fraction of sp³-hybridized carbons (Fsp3) is 0.238. The molecular formula is C21H20N2O3. The maximum Gasteiger partial charge on any atom is 0.227 e. The van der Waals surface area contributed by atoms with Crippen LogP contribution in [0, 0.1) is 11.8 Å². The number of nitrogens with zero attached hydrogens (tertiary/aromatic N) is 1. The van der Waals surface area contributed by atoms with Gasteiger partial charge in [0.2, 0.25) is 11.8 Å². The highest BCUT2D eigenvalue weighted by atomic mass is 16.3. The van der Waals surface area contributed by atoms with Gasteiger partial charge in [0.05, 0.1) is 12.2 Å². The van der Waals surface area contributed by atoms with Gasteiger partial charge >= 0.3 is 0 Å². The molecule has 5 heteroatoms. The van der Waals surface area contributed by atoms with Crippen LogP contribution in [0.15, 0.2) is 48.5 Å². The molecule has 26 heavy (non-hydrogen) atoms. The van der Waals surface area contributed by atoms with Gasteiger partial charge in [0, 0.05) is 24.0 Å². The van der Waals surface area contributed by atoms with Crippen molar-refractivity contribution in [2.45, 2.75) is 25.8 Å². The van der Waals surface area contributed by atoms with Crippen LogP contribution in [0.3, 0.4) is 0 Å². The summed E-state index contributed by atoms with van der Waals surface area (Å²) >= 11 is 0. The van der Waals surface area contributed by atoms with Crippen LogP contribution >= 0.6 is 0 Å². The zero-order valence-corrected chi connectivity index (χ0v) is 14.4. The molecule has 0 saturated heterocycles. The molecule has 0 aromatic heterocycles. The number of aliphatic hydroxyl groups excluding tert-OH is 1. The largest absolute Gasteiger partial charge is 0.377 e. The van der Waals surface area contributed by atoms with Gasteiger partial charge in [0.15, 0.2) is 0 Å². The third-order valence-corrected chi connectivity index (χ3v) is 4.24. The van der Waals surface area contributed by atoms with Crippen molar-refractivity contribution in [3.05, 3.63) is 65.2 Å². The van der Waals surface area contributed by atoms with Crippen molar-refractivity contribution in [1.82, 2.24) is 5.32 Å². The summed E-state index contributed by atoms with van der Waals surface area (Å²) in [5.41, 5.74) is 3.52. The zero-order valence-electron chi connectivity index (χ0n) is 14.4. The van der Waals surface area contributed by atoms with E-state index in [1.165, 1.54) is 0 Å². The van der Waals surface area contributed by atoms with Crippen molar-refractivity contribution in [2.75, 3.05) is 11.6 Å². The predicted octanol–water partition coefficient (Wildman–Crippen LogP) is 2.17. The number of hydrogen-bond acceptors (Lipinski definition) is 3. The van der Waals surface area contributed by atoms with E-state index in [4.69, 9.17) is 5.11 Å². The van der Waals surface area contributed by atoms with Gasteiger partial charge in [0.1, 0.15) is 6.73 Å². The lowest BCUT2D eigenvalue weighted by atomic mass is 10.0. The maximum absolute atomic E-state index is 12.9. The summed E-state index contributed by atoms with van der Waals surface area (Å²) in [5.74, 6) is 6.04. The summed E-state index contributed by atoms with van der Waals surface area (Å²) in [6, 6.07) is 15.4. The van der Waals surface area contributed by atoms with Crippen molar-refractivity contribution in [3.8, 4) is 11.8 Å². The van der Waals surface area contributed by atoms with Gasteiger partial charge in [-0.1, -0.05) is 42.2 Å². The molecule has 1 heterocycles. The van der Waals surface area contributed by atoms with Gasteiger partial charge in [-0.25, -0.2) is 0 Å². The summed E-state index contributed by atoms with van der Waals surface area (Å²) in [4.78, 5) is 26.1. The molecule has 2 aromatic carbocycles. The Morgan fingerprint density at radius 3 is 2.50 bits per heavy atom. The van der Waals surface area contributed by atoms with Crippen LogP contribution in [0.2, 0.25) is 0 Å². The molecule has 0 aliphatic carbocycles. The lowest BCUT2D eigenvalue weighted by Crippen LogP contribution is -2.32. The molecular weight excluding hydrogens is 328 g/mol. The smallest absolute Gasteiger partial charge is 0.227 e. The van der Waals surface area contributed by atoms with E-state index < -0.39 is 0 Å². The minimum atomic E-state index is -0.387. The highest BCUT2D eigenvalue weighted by Gasteiger charge is 2.20. The summed E-state index contributed by atoms with van der Waals surface area (Å²) in [6.45, 7) is 0.0608. The van der Waals surface area contributed by atoms with E-state index in [0.29, 0.717) is 13.0 Å². The molecule has 0 fully saturated rings. The maximum atomic E-state index is 12.9. The molecule has 0 unspecified atom stereocenters. The molecule has 0 bridgehead atoms. The van der Waals surface area contributed by atoms with Gasteiger partial charge in [-0.2, -0.15) is 0 Å². The highest BCUT2D eigenvalue weighted by Crippen LogP contribution is 2.26. The summed E-state index contributed by atoms with van der Waals surface area (Å²) < 4.78 is 0. The van der Waals surface area contributed by atoms with Gasteiger partial charge in [-0.05, 0) is 30.2 Å². The number of para-hydroxylation sites is 1. The second-order valence-electron chi connectivity index (χ2n) is 6.02. The number of anilines is 1. The fourth-order valence-corrected chi connectivity index (χ4v) is 2.92. The van der Waals surface area contributed by atoms with Crippen LogP contribution < -0.4 is 10.2 Å². The molecule has 132 valence electrons. The molecule has 2 amide bonds. The molecule has 1 aliphatic heterocycles. The van der Waals surface area contributed by atoms with E-state index >= 15 is 0 Å². The number of carbonyl (C=O) groups is 2. The summed E-state index contributed by atoms with van der Waals surface area (Å²) in [6.07, 6.45) is 0.887. The zero-order chi connectivity index (χ0) is 18.4. The standard InChI is InChI=1S/C21H20N2O3/c24-15-22-20(25)10-5-11-21(26)23-14-18-8-2-1-6-16(18)12-13-17-7-3-4-9-19(17)23/h1-4,6-9,24H,5,10-11,14-15H2,(H,22,25). The minimum absolute atomic E-state index is 0.0484. The van der Waals surface area contributed by atoms with Crippen molar-refractivity contribution < 1.29 is 14.7 Å². The number of amides is 2. The van der Waals surface area contributed by atoms with Crippen LogP contribution in [0.4, 0.5) is 5.69 Å². The number of rotatable bonds is 5. The lowest BCUT2D eigenvalue weighted by molar-refractivity contribution is -0.122. The van der Waals surface area contributed by atoms with E-state index in [0.717, 1.165) is 22.4 Å². The molecule has 3 rings (SSSR count). The Morgan fingerprint density at radius 1 is 1.00 bits per heavy atom. The number of fused-ring (bicyclic) bond motifs is 2. The number of benzene rings is 2. The summed E-state index contributed by atoms with van der Waals surface area (Å²) in [5, 5.41) is 11.0. The third kappa shape index (κ3) is 4.11.